The SMILES string of the molecule is CN=C(NCCc1c[nH]c2c(C)cccc12)NC1CCN(c2cccc(F)c2)CC1.I. The van der Waals surface area contributed by atoms with Gasteiger partial charge in [0.05, 0.1) is 0 Å². The molecule has 1 aliphatic rings. The fourth-order valence-corrected chi connectivity index (χ4v) is 4.23. The van der Waals surface area contributed by atoms with Crippen LogP contribution in [0.2, 0.25) is 0 Å². The van der Waals surface area contributed by atoms with Crippen LogP contribution < -0.4 is 15.5 Å². The lowest BCUT2D eigenvalue weighted by Crippen LogP contribution is -2.49. The monoisotopic (exact) mass is 535 g/mol. The van der Waals surface area contributed by atoms with E-state index in [-0.39, 0.29) is 29.8 Å². The normalized spacial score (nSPS) is 15.1. The number of rotatable bonds is 5. The molecule has 3 N–H and O–H groups in total. The molecule has 0 spiro atoms. The van der Waals surface area contributed by atoms with Crippen molar-refractivity contribution in [2.24, 2.45) is 4.99 Å². The second-order valence-corrected chi connectivity index (χ2v) is 7.95. The fraction of sp³-hybridized carbons (Fsp3) is 0.375. The summed E-state index contributed by atoms with van der Waals surface area (Å²) in [5, 5.41) is 8.29. The van der Waals surface area contributed by atoms with Crippen LogP contribution in [0, 0.1) is 12.7 Å². The van der Waals surface area contributed by atoms with Crippen molar-refractivity contribution in [1.82, 2.24) is 15.6 Å². The molecular weight excluding hydrogens is 504 g/mol. The predicted molar refractivity (Wildman–Crippen MR) is 138 cm³/mol. The lowest BCUT2D eigenvalue weighted by atomic mass is 10.0. The smallest absolute Gasteiger partial charge is 0.191 e. The summed E-state index contributed by atoms with van der Waals surface area (Å²) in [6.07, 6.45) is 5.04. The van der Waals surface area contributed by atoms with Crippen molar-refractivity contribution >= 4 is 46.5 Å². The molecule has 166 valence electrons. The van der Waals surface area contributed by atoms with Gasteiger partial charge in [0, 0.05) is 55.5 Å². The maximum atomic E-state index is 13.5. The number of aromatic nitrogens is 1. The maximum absolute atomic E-state index is 13.5. The van der Waals surface area contributed by atoms with E-state index in [1.54, 1.807) is 12.1 Å². The van der Waals surface area contributed by atoms with Crippen molar-refractivity contribution in [3.8, 4) is 0 Å². The molecule has 2 aromatic carbocycles. The third-order valence-corrected chi connectivity index (χ3v) is 5.93. The highest BCUT2D eigenvalue weighted by atomic mass is 127. The number of nitrogens with zero attached hydrogens (tertiary/aromatic N) is 2. The summed E-state index contributed by atoms with van der Waals surface area (Å²) in [5.41, 5.74) is 4.78. The van der Waals surface area contributed by atoms with E-state index in [0.29, 0.717) is 6.04 Å². The standard InChI is InChI=1S/C24H30FN5.HI/c1-17-5-3-8-22-18(16-28-23(17)22)9-12-27-24(26-2)29-20-10-13-30(14-11-20)21-7-4-6-19(25)15-21;/h3-8,15-16,20,28H,9-14H2,1-2H3,(H2,26,27,29);1H. The molecule has 31 heavy (non-hydrogen) atoms. The van der Waals surface area contributed by atoms with Gasteiger partial charge in [0.2, 0.25) is 0 Å². The molecule has 3 aromatic rings. The number of benzene rings is 2. The number of nitrogens with one attached hydrogen (secondary N) is 3. The van der Waals surface area contributed by atoms with Gasteiger partial charge in [-0.25, -0.2) is 4.39 Å². The number of anilines is 1. The van der Waals surface area contributed by atoms with Crippen LogP contribution in [-0.2, 0) is 6.42 Å². The Kier molecular flexibility index (Phi) is 8.17. The first kappa shape index (κ1) is 23.4. The van der Waals surface area contributed by atoms with Gasteiger partial charge in [0.25, 0.3) is 0 Å². The van der Waals surface area contributed by atoms with Gasteiger partial charge in [-0.05, 0) is 55.5 Å². The van der Waals surface area contributed by atoms with Gasteiger partial charge in [-0.1, -0.05) is 24.3 Å². The molecule has 0 aliphatic carbocycles. The minimum atomic E-state index is -0.178. The number of guanidine groups is 1. The molecule has 0 saturated carbocycles. The maximum Gasteiger partial charge on any atom is 0.191 e. The van der Waals surface area contributed by atoms with Crippen molar-refractivity contribution in [3.05, 3.63) is 65.6 Å². The molecule has 0 atom stereocenters. The molecule has 5 nitrogen and oxygen atoms in total. The van der Waals surface area contributed by atoms with Gasteiger partial charge in [-0.2, -0.15) is 0 Å². The van der Waals surface area contributed by atoms with E-state index in [2.05, 4.69) is 56.8 Å². The molecule has 0 unspecified atom stereocenters. The van der Waals surface area contributed by atoms with E-state index < -0.39 is 0 Å². The average molecular weight is 535 g/mol. The third kappa shape index (κ3) is 5.70. The Morgan fingerprint density at radius 2 is 1.97 bits per heavy atom. The lowest BCUT2D eigenvalue weighted by Gasteiger charge is -2.34. The second-order valence-electron chi connectivity index (χ2n) is 7.95. The van der Waals surface area contributed by atoms with Crippen molar-refractivity contribution in [1.29, 1.82) is 0 Å². The second kappa shape index (κ2) is 10.8. The van der Waals surface area contributed by atoms with Crippen LogP contribution in [0.4, 0.5) is 10.1 Å². The largest absolute Gasteiger partial charge is 0.371 e. The number of piperidine rings is 1. The highest BCUT2D eigenvalue weighted by molar-refractivity contribution is 14.0. The van der Waals surface area contributed by atoms with Crippen LogP contribution in [-0.4, -0.2) is 43.7 Å². The summed E-state index contributed by atoms with van der Waals surface area (Å²) in [7, 11) is 1.81. The summed E-state index contributed by atoms with van der Waals surface area (Å²) in [4.78, 5) is 10.0. The molecule has 4 rings (SSSR count). The lowest BCUT2D eigenvalue weighted by molar-refractivity contribution is 0.461. The zero-order valence-corrected chi connectivity index (χ0v) is 20.4. The highest BCUT2D eigenvalue weighted by Crippen LogP contribution is 2.22. The number of hydrogen-bond donors (Lipinski definition) is 3. The van der Waals surface area contributed by atoms with Gasteiger partial charge in [0.15, 0.2) is 5.96 Å². The number of para-hydroxylation sites is 1. The van der Waals surface area contributed by atoms with E-state index >= 15 is 0 Å². The van der Waals surface area contributed by atoms with Crippen LogP contribution >= 0.6 is 24.0 Å². The van der Waals surface area contributed by atoms with E-state index in [4.69, 9.17) is 0 Å². The highest BCUT2D eigenvalue weighted by Gasteiger charge is 2.20. The van der Waals surface area contributed by atoms with Crippen molar-refractivity contribution in [2.75, 3.05) is 31.6 Å². The molecule has 1 fully saturated rings. The summed E-state index contributed by atoms with van der Waals surface area (Å²) in [5.74, 6) is 0.665. The first-order valence-corrected chi connectivity index (χ1v) is 10.7. The van der Waals surface area contributed by atoms with Crippen molar-refractivity contribution < 1.29 is 4.39 Å². The van der Waals surface area contributed by atoms with Crippen LogP contribution in [0.25, 0.3) is 10.9 Å². The van der Waals surface area contributed by atoms with Gasteiger partial charge < -0.3 is 20.5 Å². The van der Waals surface area contributed by atoms with Crippen LogP contribution in [0.3, 0.4) is 0 Å². The van der Waals surface area contributed by atoms with Gasteiger partial charge in [-0.3, -0.25) is 4.99 Å². The number of fused-ring (bicyclic) bond motifs is 1. The zero-order chi connectivity index (χ0) is 20.9. The Balaban J connectivity index is 0.00000272. The van der Waals surface area contributed by atoms with Crippen molar-refractivity contribution in [2.45, 2.75) is 32.2 Å². The molecule has 1 aromatic heterocycles. The van der Waals surface area contributed by atoms with E-state index in [1.165, 1.54) is 28.1 Å². The van der Waals surface area contributed by atoms with Crippen molar-refractivity contribution in [3.63, 3.8) is 0 Å². The summed E-state index contributed by atoms with van der Waals surface area (Å²) in [6.45, 7) is 4.77. The minimum absolute atomic E-state index is 0. The van der Waals surface area contributed by atoms with Gasteiger partial charge in [-0.15, -0.1) is 24.0 Å². The fourth-order valence-electron chi connectivity index (χ4n) is 4.23. The number of aromatic amines is 1. The molecule has 2 heterocycles. The van der Waals surface area contributed by atoms with Crippen LogP contribution in [0.15, 0.2) is 53.7 Å². The Morgan fingerprint density at radius 1 is 1.19 bits per heavy atom. The van der Waals surface area contributed by atoms with Crippen LogP contribution in [0.5, 0.6) is 0 Å². The Morgan fingerprint density at radius 3 is 2.71 bits per heavy atom. The number of aliphatic imine (C=N–C) groups is 1. The first-order valence-electron chi connectivity index (χ1n) is 10.7. The topological polar surface area (TPSA) is 55.5 Å². The predicted octanol–water partition coefficient (Wildman–Crippen LogP) is 4.61. The first-order chi connectivity index (χ1) is 14.6. The van der Waals surface area contributed by atoms with E-state index in [1.807, 2.05) is 13.1 Å². The quantitative estimate of drug-likeness (QED) is 0.254. The number of H-pyrrole nitrogens is 1. The minimum Gasteiger partial charge on any atom is -0.371 e. The summed E-state index contributed by atoms with van der Waals surface area (Å²) >= 11 is 0. The number of aryl methyl sites for hydroxylation is 1. The molecular formula is C24H31FIN5. The van der Waals surface area contributed by atoms with E-state index in [0.717, 1.165) is 50.5 Å². The van der Waals surface area contributed by atoms with Gasteiger partial charge >= 0.3 is 0 Å². The third-order valence-electron chi connectivity index (χ3n) is 5.93. The molecule has 0 bridgehead atoms. The number of halogens is 2. The van der Waals surface area contributed by atoms with E-state index in [9.17, 15) is 4.39 Å². The Labute approximate surface area is 200 Å². The van der Waals surface area contributed by atoms with Crippen LogP contribution in [0.1, 0.15) is 24.0 Å². The molecule has 0 radical (unpaired) electrons. The van der Waals surface area contributed by atoms with Gasteiger partial charge in [0.1, 0.15) is 5.82 Å². The molecule has 1 saturated heterocycles. The summed E-state index contributed by atoms with van der Waals surface area (Å²) in [6, 6.07) is 13.6. The molecule has 7 heteroatoms. The Hall–Kier alpha value is -2.29. The average Bonchev–Trinajstić information content (AvgIpc) is 3.18. The zero-order valence-electron chi connectivity index (χ0n) is 18.1. The summed E-state index contributed by atoms with van der Waals surface area (Å²) < 4.78 is 13.5. The number of hydrogen-bond acceptors (Lipinski definition) is 2. The Bertz CT molecular complexity index is 1020. The molecule has 0 amide bonds. The molecule has 1 aliphatic heterocycles.